The third-order valence-corrected chi connectivity index (χ3v) is 5.82. The van der Waals surface area contributed by atoms with Gasteiger partial charge in [-0.2, -0.15) is 0 Å². The molecular weight excluding hydrogens is 380 g/mol. The van der Waals surface area contributed by atoms with Gasteiger partial charge in [0.05, 0.1) is 30.5 Å². The Bertz CT molecular complexity index is 1180. The maximum absolute atomic E-state index is 5.65. The zero-order valence-corrected chi connectivity index (χ0v) is 18.1. The lowest BCUT2D eigenvalue weighted by molar-refractivity contribution is 0.416. The van der Waals surface area contributed by atoms with E-state index in [4.69, 9.17) is 9.72 Å². The average Bonchev–Trinajstić information content (AvgIpc) is 3.34. The van der Waals surface area contributed by atoms with Crippen LogP contribution in [0.3, 0.4) is 0 Å². The number of rotatable bonds is 5. The molecule has 0 aliphatic heterocycles. The van der Waals surface area contributed by atoms with Gasteiger partial charge < -0.3 is 14.6 Å². The van der Waals surface area contributed by atoms with Gasteiger partial charge in [-0.15, -0.1) is 11.3 Å². The lowest BCUT2D eigenvalue weighted by Gasteiger charge is -2.11. The van der Waals surface area contributed by atoms with Crippen molar-refractivity contribution in [3.05, 3.63) is 70.6 Å². The summed E-state index contributed by atoms with van der Waals surface area (Å²) >= 11 is 1.59. The number of thiazole rings is 1. The quantitative estimate of drug-likeness (QED) is 0.444. The number of hydrogen-bond acceptors (Lipinski definition) is 5. The van der Waals surface area contributed by atoms with Gasteiger partial charge in [0, 0.05) is 28.9 Å². The minimum Gasteiger partial charge on any atom is -0.496 e. The third-order valence-electron chi connectivity index (χ3n) is 5.06. The lowest BCUT2D eigenvalue weighted by atomic mass is 10.1. The fraction of sp³-hybridized carbons (Fsp3) is 0.217. The molecule has 0 unspecified atom stereocenters. The Hall–Kier alpha value is -3.12. The Morgan fingerprint density at radius 3 is 2.52 bits per heavy atom. The molecule has 4 aromatic rings. The van der Waals surface area contributed by atoms with Gasteiger partial charge in [0.25, 0.3) is 0 Å². The minimum absolute atomic E-state index is 0.785. The van der Waals surface area contributed by atoms with Gasteiger partial charge in [0.2, 0.25) is 0 Å². The zero-order chi connectivity index (χ0) is 20.5. The first-order valence-corrected chi connectivity index (χ1v) is 10.3. The summed E-state index contributed by atoms with van der Waals surface area (Å²) in [6.45, 7) is 8.35. The highest BCUT2D eigenvalue weighted by molar-refractivity contribution is 7.14. The zero-order valence-electron chi connectivity index (χ0n) is 17.3. The predicted molar refractivity (Wildman–Crippen MR) is 120 cm³/mol. The molecule has 29 heavy (non-hydrogen) atoms. The van der Waals surface area contributed by atoms with Crippen LogP contribution < -0.4 is 10.1 Å². The van der Waals surface area contributed by atoms with Crippen molar-refractivity contribution in [1.29, 1.82) is 0 Å². The number of methoxy groups -OCH3 is 1. The Morgan fingerprint density at radius 2 is 1.79 bits per heavy atom. The Labute approximate surface area is 175 Å². The smallest absolute Gasteiger partial charge is 0.187 e. The Balaban J connectivity index is 1.63. The van der Waals surface area contributed by atoms with Gasteiger partial charge in [-0.05, 0) is 62.6 Å². The van der Waals surface area contributed by atoms with Crippen LogP contribution in [0, 0.1) is 27.7 Å². The van der Waals surface area contributed by atoms with E-state index in [2.05, 4.69) is 54.7 Å². The number of nitrogens with zero attached hydrogens (tertiary/aromatic N) is 3. The number of nitrogens with one attached hydrogen (secondary N) is 1. The van der Waals surface area contributed by atoms with Crippen LogP contribution in [-0.2, 0) is 0 Å². The molecule has 1 N–H and O–H groups in total. The van der Waals surface area contributed by atoms with Crippen LogP contribution in [0.15, 0.2) is 48.2 Å². The van der Waals surface area contributed by atoms with E-state index in [0.29, 0.717) is 0 Å². The van der Waals surface area contributed by atoms with Crippen molar-refractivity contribution in [2.75, 3.05) is 12.4 Å². The molecule has 4 rings (SSSR count). The molecule has 2 heterocycles. The first-order valence-electron chi connectivity index (χ1n) is 9.44. The molecule has 6 heteroatoms. The number of aryl methyl sites for hydroxylation is 4. The summed E-state index contributed by atoms with van der Waals surface area (Å²) in [5.41, 5.74) is 8.70. The second-order valence-electron chi connectivity index (χ2n) is 7.22. The van der Waals surface area contributed by atoms with Crippen LogP contribution in [0.2, 0.25) is 0 Å². The maximum Gasteiger partial charge on any atom is 0.187 e. The van der Waals surface area contributed by atoms with Crippen molar-refractivity contribution in [2.45, 2.75) is 27.7 Å². The summed E-state index contributed by atoms with van der Waals surface area (Å²) in [4.78, 5) is 9.09. The summed E-state index contributed by atoms with van der Waals surface area (Å²) in [6, 6.07) is 10.5. The number of imidazole rings is 1. The van der Waals surface area contributed by atoms with Crippen LogP contribution in [0.25, 0.3) is 16.9 Å². The molecule has 0 radical (unpaired) electrons. The highest BCUT2D eigenvalue weighted by Gasteiger charge is 2.13. The van der Waals surface area contributed by atoms with Gasteiger partial charge in [-0.25, -0.2) is 9.97 Å². The number of anilines is 2. The van der Waals surface area contributed by atoms with Crippen molar-refractivity contribution in [1.82, 2.24) is 14.5 Å². The molecule has 0 saturated carbocycles. The van der Waals surface area contributed by atoms with Crippen molar-refractivity contribution in [3.8, 4) is 22.7 Å². The van der Waals surface area contributed by atoms with E-state index in [1.807, 2.05) is 29.8 Å². The lowest BCUT2D eigenvalue weighted by Crippen LogP contribution is -1.96. The molecule has 2 aromatic heterocycles. The van der Waals surface area contributed by atoms with Crippen LogP contribution in [0.5, 0.6) is 5.75 Å². The number of aromatic nitrogens is 3. The fourth-order valence-electron chi connectivity index (χ4n) is 3.28. The first-order chi connectivity index (χ1) is 13.9. The van der Waals surface area contributed by atoms with Crippen molar-refractivity contribution in [2.24, 2.45) is 0 Å². The third kappa shape index (κ3) is 3.89. The van der Waals surface area contributed by atoms with Crippen LogP contribution in [0.1, 0.15) is 22.4 Å². The molecule has 0 bridgehead atoms. The maximum atomic E-state index is 5.65. The molecule has 0 aliphatic rings. The number of ether oxygens (including phenoxy) is 1. The summed E-state index contributed by atoms with van der Waals surface area (Å²) in [6.07, 6.45) is 3.80. The number of benzene rings is 2. The van der Waals surface area contributed by atoms with E-state index in [1.165, 1.54) is 16.7 Å². The van der Waals surface area contributed by atoms with E-state index in [1.54, 1.807) is 24.8 Å². The van der Waals surface area contributed by atoms with Gasteiger partial charge in [0.1, 0.15) is 5.75 Å². The SMILES string of the molecule is COc1cc(-n2cnc(C)c2)ccc1-c1csc(Nc2cc(C)c(C)cc2C)n1. The van der Waals surface area contributed by atoms with E-state index < -0.39 is 0 Å². The molecule has 2 aromatic carbocycles. The van der Waals surface area contributed by atoms with Crippen molar-refractivity contribution in [3.63, 3.8) is 0 Å². The van der Waals surface area contributed by atoms with Gasteiger partial charge >= 0.3 is 0 Å². The van der Waals surface area contributed by atoms with Gasteiger partial charge in [-0.1, -0.05) is 6.07 Å². The fourth-order valence-corrected chi connectivity index (χ4v) is 4.00. The summed E-state index contributed by atoms with van der Waals surface area (Å²) in [5.74, 6) is 0.785. The molecule has 0 amide bonds. The summed E-state index contributed by atoms with van der Waals surface area (Å²) < 4.78 is 7.64. The van der Waals surface area contributed by atoms with E-state index in [-0.39, 0.29) is 0 Å². The second-order valence-corrected chi connectivity index (χ2v) is 8.08. The molecule has 0 fully saturated rings. The molecular formula is C23H24N4OS. The standard InChI is InChI=1S/C23H24N4OS/c1-14-8-16(3)20(9-15(14)2)25-23-26-21(12-29-23)19-7-6-18(10-22(19)28-5)27-11-17(4)24-13-27/h6-13H,1-5H3,(H,25,26). The Kier molecular flexibility index (Phi) is 5.11. The topological polar surface area (TPSA) is 52.0 Å². The molecule has 0 saturated heterocycles. The van der Waals surface area contributed by atoms with E-state index in [0.717, 1.165) is 39.2 Å². The highest BCUT2D eigenvalue weighted by atomic mass is 32.1. The molecule has 148 valence electrons. The Morgan fingerprint density at radius 1 is 1.00 bits per heavy atom. The van der Waals surface area contributed by atoms with Crippen molar-refractivity contribution >= 4 is 22.2 Å². The second kappa shape index (κ2) is 7.72. The normalized spacial score (nSPS) is 10.9. The summed E-state index contributed by atoms with van der Waals surface area (Å²) in [7, 11) is 1.69. The first kappa shape index (κ1) is 19.2. The molecule has 0 atom stereocenters. The summed E-state index contributed by atoms with van der Waals surface area (Å²) in [5, 5.41) is 6.38. The predicted octanol–water partition coefficient (Wildman–Crippen LogP) is 5.98. The van der Waals surface area contributed by atoms with Crippen LogP contribution in [0.4, 0.5) is 10.8 Å². The average molecular weight is 405 g/mol. The largest absolute Gasteiger partial charge is 0.496 e. The monoisotopic (exact) mass is 404 g/mol. The van der Waals surface area contributed by atoms with Crippen LogP contribution >= 0.6 is 11.3 Å². The molecule has 0 aliphatic carbocycles. The van der Waals surface area contributed by atoms with Crippen molar-refractivity contribution < 1.29 is 4.74 Å². The number of hydrogen-bond donors (Lipinski definition) is 1. The van der Waals surface area contributed by atoms with E-state index >= 15 is 0 Å². The van der Waals surface area contributed by atoms with Crippen LogP contribution in [-0.4, -0.2) is 21.6 Å². The van der Waals surface area contributed by atoms with E-state index in [9.17, 15) is 0 Å². The van der Waals surface area contributed by atoms with Gasteiger partial charge in [-0.3, -0.25) is 0 Å². The molecule has 5 nitrogen and oxygen atoms in total. The van der Waals surface area contributed by atoms with Gasteiger partial charge in [0.15, 0.2) is 5.13 Å². The molecule has 0 spiro atoms. The minimum atomic E-state index is 0.785. The highest BCUT2D eigenvalue weighted by Crippen LogP contribution is 2.35.